The van der Waals surface area contributed by atoms with Gasteiger partial charge in [0.1, 0.15) is 5.82 Å². The van der Waals surface area contributed by atoms with E-state index in [1.807, 2.05) is 6.07 Å². The maximum absolute atomic E-state index is 5.80. The van der Waals surface area contributed by atoms with Gasteiger partial charge in [0, 0.05) is 11.8 Å². The first kappa shape index (κ1) is 11.1. The van der Waals surface area contributed by atoms with Crippen molar-refractivity contribution in [2.45, 2.75) is 26.7 Å². The van der Waals surface area contributed by atoms with Crippen LogP contribution in [0.4, 0.5) is 5.82 Å². The Morgan fingerprint density at radius 2 is 2.19 bits per heavy atom. The second-order valence-electron chi connectivity index (χ2n) is 3.79. The molecule has 2 aromatic rings. The van der Waals surface area contributed by atoms with Crippen LogP contribution in [-0.2, 0) is 6.42 Å². The number of thiophene rings is 1. The molecule has 3 nitrogen and oxygen atoms in total. The molecular formula is C12H15N3S. The molecule has 4 heteroatoms. The highest BCUT2D eigenvalue weighted by molar-refractivity contribution is 7.13. The van der Waals surface area contributed by atoms with Gasteiger partial charge in [-0.05, 0) is 30.4 Å². The number of nitrogens with zero attached hydrogens (tertiary/aromatic N) is 2. The Bertz CT molecular complexity index is 491. The van der Waals surface area contributed by atoms with Crippen LogP contribution in [0.2, 0.25) is 0 Å². The molecule has 0 spiro atoms. The van der Waals surface area contributed by atoms with Crippen LogP contribution in [0.15, 0.2) is 17.5 Å². The Balaban J connectivity index is 2.45. The van der Waals surface area contributed by atoms with Crippen LogP contribution in [0.1, 0.15) is 24.6 Å². The van der Waals surface area contributed by atoms with E-state index in [0.717, 1.165) is 29.2 Å². The molecule has 0 aliphatic rings. The highest BCUT2D eigenvalue weighted by Gasteiger charge is 2.08. The van der Waals surface area contributed by atoms with Crippen molar-refractivity contribution in [3.05, 3.63) is 28.8 Å². The summed E-state index contributed by atoms with van der Waals surface area (Å²) >= 11 is 1.66. The summed E-state index contributed by atoms with van der Waals surface area (Å²) in [5.74, 6) is 1.32. The zero-order chi connectivity index (χ0) is 11.5. The molecule has 2 heterocycles. The molecular weight excluding hydrogens is 218 g/mol. The van der Waals surface area contributed by atoms with E-state index in [-0.39, 0.29) is 0 Å². The Kier molecular flexibility index (Phi) is 3.19. The second kappa shape index (κ2) is 4.61. The molecule has 0 unspecified atom stereocenters. The first-order chi connectivity index (χ1) is 7.70. The van der Waals surface area contributed by atoms with E-state index in [2.05, 4.69) is 35.3 Å². The van der Waals surface area contributed by atoms with Crippen molar-refractivity contribution in [1.82, 2.24) is 9.97 Å². The molecule has 0 amide bonds. The summed E-state index contributed by atoms with van der Waals surface area (Å²) in [6, 6.07) is 3.93. The molecule has 84 valence electrons. The lowest BCUT2D eigenvalue weighted by Gasteiger charge is -2.04. The smallest absolute Gasteiger partial charge is 0.172 e. The largest absolute Gasteiger partial charge is 0.384 e. The van der Waals surface area contributed by atoms with E-state index in [0.29, 0.717) is 5.82 Å². The molecule has 0 fully saturated rings. The van der Waals surface area contributed by atoms with Crippen LogP contribution in [0.5, 0.6) is 0 Å². The molecule has 0 aliphatic heterocycles. The van der Waals surface area contributed by atoms with Gasteiger partial charge >= 0.3 is 0 Å². The summed E-state index contributed by atoms with van der Waals surface area (Å²) in [6.45, 7) is 4.20. The predicted octanol–water partition coefficient (Wildman–Crippen LogP) is 3.05. The van der Waals surface area contributed by atoms with Crippen LogP contribution in [-0.4, -0.2) is 9.97 Å². The number of nitrogens with two attached hydrogens (primary N) is 1. The minimum atomic E-state index is 0.557. The van der Waals surface area contributed by atoms with Crippen LogP contribution in [0, 0.1) is 6.92 Å². The first-order valence-corrected chi connectivity index (χ1v) is 6.26. The van der Waals surface area contributed by atoms with Gasteiger partial charge in [-0.3, -0.25) is 0 Å². The van der Waals surface area contributed by atoms with Gasteiger partial charge in [0.2, 0.25) is 0 Å². The lowest BCUT2D eigenvalue weighted by Crippen LogP contribution is -2.00. The maximum Gasteiger partial charge on any atom is 0.172 e. The normalized spacial score (nSPS) is 10.6. The van der Waals surface area contributed by atoms with Crippen molar-refractivity contribution in [2.75, 3.05) is 5.73 Å². The average molecular weight is 233 g/mol. The summed E-state index contributed by atoms with van der Waals surface area (Å²) in [7, 11) is 0. The average Bonchev–Trinajstić information content (AvgIpc) is 2.64. The van der Waals surface area contributed by atoms with E-state index < -0.39 is 0 Å². The molecule has 0 atom stereocenters. The van der Waals surface area contributed by atoms with Crippen molar-refractivity contribution >= 4 is 17.2 Å². The van der Waals surface area contributed by atoms with Gasteiger partial charge in [-0.25, -0.2) is 9.97 Å². The quantitative estimate of drug-likeness (QED) is 0.886. The third-order valence-electron chi connectivity index (χ3n) is 2.37. The number of aromatic nitrogens is 2. The molecule has 2 N–H and O–H groups in total. The number of anilines is 1. The third-order valence-corrected chi connectivity index (χ3v) is 3.38. The fourth-order valence-corrected chi connectivity index (χ4v) is 2.47. The van der Waals surface area contributed by atoms with Crippen molar-refractivity contribution < 1.29 is 0 Å². The Morgan fingerprint density at radius 3 is 2.81 bits per heavy atom. The molecule has 0 bridgehead atoms. The van der Waals surface area contributed by atoms with E-state index in [1.165, 1.54) is 5.56 Å². The fourth-order valence-electron chi connectivity index (χ4n) is 1.61. The second-order valence-corrected chi connectivity index (χ2v) is 4.71. The van der Waals surface area contributed by atoms with Crippen molar-refractivity contribution in [1.29, 1.82) is 0 Å². The monoisotopic (exact) mass is 233 g/mol. The number of rotatable bonds is 3. The van der Waals surface area contributed by atoms with Crippen LogP contribution < -0.4 is 5.73 Å². The SMILES string of the molecule is CCCc1cc(N)nc(-c2sccc2C)n1. The molecule has 0 saturated heterocycles. The number of hydrogen-bond donors (Lipinski definition) is 1. The van der Waals surface area contributed by atoms with Crippen LogP contribution in [0.3, 0.4) is 0 Å². The summed E-state index contributed by atoms with van der Waals surface area (Å²) in [5, 5.41) is 2.05. The Morgan fingerprint density at radius 1 is 1.38 bits per heavy atom. The van der Waals surface area contributed by atoms with E-state index in [9.17, 15) is 0 Å². The third kappa shape index (κ3) is 2.22. The molecule has 0 radical (unpaired) electrons. The van der Waals surface area contributed by atoms with Crippen LogP contribution >= 0.6 is 11.3 Å². The Labute approximate surface area is 99.4 Å². The minimum Gasteiger partial charge on any atom is -0.384 e. The zero-order valence-corrected chi connectivity index (χ0v) is 10.3. The van der Waals surface area contributed by atoms with Crippen LogP contribution in [0.25, 0.3) is 10.7 Å². The topological polar surface area (TPSA) is 51.8 Å². The van der Waals surface area contributed by atoms with Crippen molar-refractivity contribution in [3.63, 3.8) is 0 Å². The van der Waals surface area contributed by atoms with Gasteiger partial charge in [0.25, 0.3) is 0 Å². The number of hydrogen-bond acceptors (Lipinski definition) is 4. The van der Waals surface area contributed by atoms with Crippen molar-refractivity contribution in [3.8, 4) is 10.7 Å². The molecule has 2 rings (SSSR count). The highest BCUT2D eigenvalue weighted by atomic mass is 32.1. The van der Waals surface area contributed by atoms with Gasteiger partial charge in [-0.2, -0.15) is 0 Å². The fraction of sp³-hybridized carbons (Fsp3) is 0.333. The van der Waals surface area contributed by atoms with Gasteiger partial charge in [-0.1, -0.05) is 13.3 Å². The van der Waals surface area contributed by atoms with Gasteiger partial charge in [0.15, 0.2) is 5.82 Å². The lowest BCUT2D eigenvalue weighted by atomic mass is 10.2. The van der Waals surface area contributed by atoms with Gasteiger partial charge in [0.05, 0.1) is 4.88 Å². The minimum absolute atomic E-state index is 0.557. The molecule has 2 aromatic heterocycles. The number of aryl methyl sites for hydroxylation is 2. The summed E-state index contributed by atoms with van der Waals surface area (Å²) in [4.78, 5) is 9.96. The predicted molar refractivity (Wildman–Crippen MR) is 68.5 cm³/mol. The van der Waals surface area contributed by atoms with Gasteiger partial charge in [-0.15, -0.1) is 11.3 Å². The molecule has 0 aromatic carbocycles. The summed E-state index contributed by atoms with van der Waals surface area (Å²) in [5.41, 5.74) is 8.03. The van der Waals surface area contributed by atoms with Gasteiger partial charge < -0.3 is 5.73 Å². The first-order valence-electron chi connectivity index (χ1n) is 5.38. The van der Waals surface area contributed by atoms with E-state index in [4.69, 9.17) is 5.73 Å². The van der Waals surface area contributed by atoms with Crippen molar-refractivity contribution in [2.24, 2.45) is 0 Å². The molecule has 0 saturated carbocycles. The Hall–Kier alpha value is -1.42. The maximum atomic E-state index is 5.80. The standard InChI is InChI=1S/C12H15N3S/c1-3-4-9-7-10(13)15-12(14-9)11-8(2)5-6-16-11/h5-7H,3-4H2,1-2H3,(H2,13,14,15). The number of nitrogen functional groups attached to an aromatic ring is 1. The molecule has 16 heavy (non-hydrogen) atoms. The summed E-state index contributed by atoms with van der Waals surface area (Å²) in [6.07, 6.45) is 2.02. The summed E-state index contributed by atoms with van der Waals surface area (Å²) < 4.78 is 0. The zero-order valence-electron chi connectivity index (χ0n) is 9.53. The molecule has 0 aliphatic carbocycles. The lowest BCUT2D eigenvalue weighted by molar-refractivity contribution is 0.877. The highest BCUT2D eigenvalue weighted by Crippen LogP contribution is 2.26. The van der Waals surface area contributed by atoms with E-state index in [1.54, 1.807) is 11.3 Å². The van der Waals surface area contributed by atoms with E-state index >= 15 is 0 Å².